The maximum atomic E-state index is 13.4. The zero-order valence-corrected chi connectivity index (χ0v) is 9.17. The summed E-state index contributed by atoms with van der Waals surface area (Å²) in [6.45, 7) is 3.69. The molecule has 0 radical (unpaired) electrons. The molecule has 0 spiro atoms. The van der Waals surface area contributed by atoms with E-state index < -0.39 is 0 Å². The van der Waals surface area contributed by atoms with Crippen LogP contribution in [0.1, 0.15) is 18.4 Å². The number of nitrogens with one attached hydrogen (secondary N) is 1. The summed E-state index contributed by atoms with van der Waals surface area (Å²) in [6.07, 6.45) is 4.58. The SMILES string of the molecule is C=CCCC(Cc1ccccc1F)NC. The lowest BCUT2D eigenvalue weighted by Gasteiger charge is -2.15. The van der Waals surface area contributed by atoms with Gasteiger partial charge in [0.15, 0.2) is 0 Å². The van der Waals surface area contributed by atoms with Gasteiger partial charge in [-0.05, 0) is 37.9 Å². The number of benzene rings is 1. The molecule has 1 rings (SSSR count). The molecule has 1 atom stereocenters. The van der Waals surface area contributed by atoms with E-state index in [4.69, 9.17) is 0 Å². The normalized spacial score (nSPS) is 12.4. The van der Waals surface area contributed by atoms with Gasteiger partial charge in [0.25, 0.3) is 0 Å². The molecule has 0 aliphatic carbocycles. The molecule has 15 heavy (non-hydrogen) atoms. The van der Waals surface area contributed by atoms with Gasteiger partial charge in [-0.25, -0.2) is 4.39 Å². The highest BCUT2D eigenvalue weighted by atomic mass is 19.1. The Morgan fingerprint density at radius 2 is 2.20 bits per heavy atom. The van der Waals surface area contributed by atoms with E-state index in [0.29, 0.717) is 6.04 Å². The second kappa shape index (κ2) is 6.36. The summed E-state index contributed by atoms with van der Waals surface area (Å²) in [6, 6.07) is 7.26. The standard InChI is InChI=1S/C13H18FN/c1-3-4-8-12(15-2)10-11-7-5-6-9-13(11)14/h3,5-7,9,12,15H,1,4,8,10H2,2H3. The average Bonchev–Trinajstić information content (AvgIpc) is 2.26. The van der Waals surface area contributed by atoms with Gasteiger partial charge in [0, 0.05) is 6.04 Å². The molecule has 1 aromatic rings. The van der Waals surface area contributed by atoms with E-state index in [1.807, 2.05) is 25.3 Å². The topological polar surface area (TPSA) is 12.0 Å². The van der Waals surface area contributed by atoms with Crippen LogP contribution in [0.2, 0.25) is 0 Å². The van der Waals surface area contributed by atoms with Crippen molar-refractivity contribution in [2.24, 2.45) is 0 Å². The van der Waals surface area contributed by atoms with Gasteiger partial charge in [-0.15, -0.1) is 6.58 Å². The molecule has 0 aromatic heterocycles. The highest BCUT2D eigenvalue weighted by Crippen LogP contribution is 2.11. The maximum absolute atomic E-state index is 13.4. The Balaban J connectivity index is 2.58. The molecule has 0 heterocycles. The molecule has 1 aromatic carbocycles. The van der Waals surface area contributed by atoms with Crippen molar-refractivity contribution < 1.29 is 4.39 Å². The van der Waals surface area contributed by atoms with Crippen molar-refractivity contribution in [1.82, 2.24) is 5.32 Å². The fourth-order valence-corrected chi connectivity index (χ4v) is 1.60. The van der Waals surface area contributed by atoms with Crippen LogP contribution in [0.25, 0.3) is 0 Å². The molecule has 1 N–H and O–H groups in total. The molecular weight excluding hydrogens is 189 g/mol. The summed E-state index contributed by atoms with van der Waals surface area (Å²) < 4.78 is 13.4. The Labute approximate surface area is 91.0 Å². The minimum atomic E-state index is -0.114. The summed E-state index contributed by atoms with van der Waals surface area (Å²) in [5, 5.41) is 3.20. The quantitative estimate of drug-likeness (QED) is 0.707. The van der Waals surface area contributed by atoms with E-state index >= 15 is 0 Å². The van der Waals surface area contributed by atoms with Gasteiger partial charge in [-0.1, -0.05) is 24.3 Å². The molecular formula is C13H18FN. The fraction of sp³-hybridized carbons (Fsp3) is 0.385. The Hall–Kier alpha value is -1.15. The number of hydrogen-bond donors (Lipinski definition) is 1. The predicted octanol–water partition coefficient (Wildman–Crippen LogP) is 2.92. The van der Waals surface area contributed by atoms with E-state index in [2.05, 4.69) is 11.9 Å². The van der Waals surface area contributed by atoms with Gasteiger partial charge in [-0.2, -0.15) is 0 Å². The van der Waals surface area contributed by atoms with Gasteiger partial charge in [0.05, 0.1) is 0 Å². The van der Waals surface area contributed by atoms with Crippen LogP contribution in [0.3, 0.4) is 0 Å². The van der Waals surface area contributed by atoms with Crippen LogP contribution in [-0.2, 0) is 6.42 Å². The average molecular weight is 207 g/mol. The van der Waals surface area contributed by atoms with E-state index in [-0.39, 0.29) is 5.82 Å². The Morgan fingerprint density at radius 1 is 1.47 bits per heavy atom. The van der Waals surface area contributed by atoms with Crippen LogP contribution in [0.4, 0.5) is 4.39 Å². The monoisotopic (exact) mass is 207 g/mol. The Bertz CT molecular complexity index is 309. The van der Waals surface area contributed by atoms with Crippen LogP contribution >= 0.6 is 0 Å². The molecule has 2 heteroatoms. The summed E-state index contributed by atoms with van der Waals surface area (Å²) >= 11 is 0. The van der Waals surface area contributed by atoms with Crippen LogP contribution in [0.15, 0.2) is 36.9 Å². The first-order valence-corrected chi connectivity index (χ1v) is 5.29. The van der Waals surface area contributed by atoms with Crippen LogP contribution in [-0.4, -0.2) is 13.1 Å². The lowest BCUT2D eigenvalue weighted by molar-refractivity contribution is 0.508. The first-order valence-electron chi connectivity index (χ1n) is 5.29. The first-order chi connectivity index (χ1) is 7.27. The van der Waals surface area contributed by atoms with Gasteiger partial charge in [-0.3, -0.25) is 0 Å². The smallest absolute Gasteiger partial charge is 0.126 e. The van der Waals surface area contributed by atoms with Crippen molar-refractivity contribution in [2.45, 2.75) is 25.3 Å². The van der Waals surface area contributed by atoms with Crippen molar-refractivity contribution >= 4 is 0 Å². The third-order valence-corrected chi connectivity index (χ3v) is 2.55. The summed E-state index contributed by atoms with van der Waals surface area (Å²) in [4.78, 5) is 0. The largest absolute Gasteiger partial charge is 0.317 e. The van der Waals surface area contributed by atoms with Crippen LogP contribution < -0.4 is 5.32 Å². The molecule has 0 saturated carbocycles. The first kappa shape index (κ1) is 11.9. The number of hydrogen-bond acceptors (Lipinski definition) is 1. The number of rotatable bonds is 6. The maximum Gasteiger partial charge on any atom is 0.126 e. The minimum Gasteiger partial charge on any atom is -0.317 e. The van der Waals surface area contributed by atoms with E-state index in [9.17, 15) is 4.39 Å². The lowest BCUT2D eigenvalue weighted by Crippen LogP contribution is -2.27. The molecule has 0 aliphatic heterocycles. The zero-order chi connectivity index (χ0) is 11.1. The summed E-state index contributed by atoms with van der Waals surface area (Å²) in [5.41, 5.74) is 0.779. The van der Waals surface area contributed by atoms with Crippen LogP contribution in [0, 0.1) is 5.82 Å². The molecule has 0 saturated heterocycles. The molecule has 1 nitrogen and oxygen atoms in total. The second-order valence-electron chi connectivity index (χ2n) is 3.65. The van der Waals surface area contributed by atoms with Crippen molar-refractivity contribution in [2.75, 3.05) is 7.05 Å². The summed E-state index contributed by atoms with van der Waals surface area (Å²) in [7, 11) is 1.91. The lowest BCUT2D eigenvalue weighted by atomic mass is 10.0. The van der Waals surface area contributed by atoms with Crippen molar-refractivity contribution in [3.05, 3.63) is 48.3 Å². The molecule has 82 valence electrons. The number of likely N-dealkylation sites (N-methyl/N-ethyl adjacent to an activating group) is 1. The molecule has 1 unspecified atom stereocenters. The van der Waals surface area contributed by atoms with Gasteiger partial charge < -0.3 is 5.32 Å². The summed E-state index contributed by atoms with van der Waals surface area (Å²) in [5.74, 6) is -0.114. The van der Waals surface area contributed by atoms with E-state index in [0.717, 1.165) is 24.8 Å². The second-order valence-corrected chi connectivity index (χ2v) is 3.65. The van der Waals surface area contributed by atoms with Gasteiger partial charge >= 0.3 is 0 Å². The number of halogens is 1. The highest BCUT2D eigenvalue weighted by molar-refractivity contribution is 5.18. The van der Waals surface area contributed by atoms with Gasteiger partial charge in [0.1, 0.15) is 5.82 Å². The third-order valence-electron chi connectivity index (χ3n) is 2.55. The third kappa shape index (κ3) is 3.84. The number of allylic oxidation sites excluding steroid dienone is 1. The highest BCUT2D eigenvalue weighted by Gasteiger charge is 2.08. The predicted molar refractivity (Wildman–Crippen MR) is 62.4 cm³/mol. The minimum absolute atomic E-state index is 0.114. The molecule has 0 amide bonds. The van der Waals surface area contributed by atoms with Crippen molar-refractivity contribution in [3.63, 3.8) is 0 Å². The molecule has 0 aliphatic rings. The van der Waals surface area contributed by atoms with Crippen molar-refractivity contribution in [3.8, 4) is 0 Å². The molecule has 0 bridgehead atoms. The van der Waals surface area contributed by atoms with Crippen LogP contribution in [0.5, 0.6) is 0 Å². The Kier molecular flexibility index (Phi) is 5.05. The van der Waals surface area contributed by atoms with Gasteiger partial charge in [0.2, 0.25) is 0 Å². The van der Waals surface area contributed by atoms with Crippen molar-refractivity contribution in [1.29, 1.82) is 0 Å². The zero-order valence-electron chi connectivity index (χ0n) is 9.17. The Morgan fingerprint density at radius 3 is 2.80 bits per heavy atom. The van der Waals surface area contributed by atoms with E-state index in [1.54, 1.807) is 6.07 Å². The fourth-order valence-electron chi connectivity index (χ4n) is 1.60. The molecule has 0 fully saturated rings. The van der Waals surface area contributed by atoms with E-state index in [1.165, 1.54) is 6.07 Å².